The lowest BCUT2D eigenvalue weighted by Crippen LogP contribution is -2.56. The van der Waals surface area contributed by atoms with E-state index < -0.39 is 29.7 Å². The zero-order chi connectivity index (χ0) is 26.9. The molecule has 1 aliphatic carbocycles. The molecule has 1 saturated carbocycles. The Balaban J connectivity index is 2.33. The van der Waals surface area contributed by atoms with E-state index in [9.17, 15) is 19.2 Å². The summed E-state index contributed by atoms with van der Waals surface area (Å²) in [5.74, 6) is -1.30. The van der Waals surface area contributed by atoms with Gasteiger partial charge in [0, 0.05) is 12.6 Å². The molecule has 1 aliphatic rings. The Bertz CT molecular complexity index is 895. The number of nitrogens with one attached hydrogen (secondary N) is 2. The molecule has 2 N–H and O–H groups in total. The predicted molar refractivity (Wildman–Crippen MR) is 136 cm³/mol. The van der Waals surface area contributed by atoms with E-state index in [4.69, 9.17) is 9.47 Å². The number of ether oxygens (including phenoxy) is 2. The molecule has 0 spiro atoms. The first-order chi connectivity index (χ1) is 17.0. The van der Waals surface area contributed by atoms with Gasteiger partial charge in [0.15, 0.2) is 0 Å². The number of nitrogens with zero attached hydrogens (tertiary/aromatic N) is 1. The molecule has 1 fully saturated rings. The lowest BCUT2D eigenvalue weighted by molar-refractivity contribution is -0.145. The number of esters is 1. The van der Waals surface area contributed by atoms with Crippen molar-refractivity contribution in [2.75, 3.05) is 13.2 Å². The van der Waals surface area contributed by atoms with Crippen LogP contribution in [-0.4, -0.2) is 59.6 Å². The molecule has 200 valence electrons. The van der Waals surface area contributed by atoms with Crippen LogP contribution in [0.3, 0.4) is 0 Å². The summed E-state index contributed by atoms with van der Waals surface area (Å²) in [6.07, 6.45) is 1.54. The van der Waals surface area contributed by atoms with Crippen LogP contribution in [0.4, 0.5) is 4.79 Å². The quantitative estimate of drug-likeness (QED) is 0.420. The first-order valence-corrected chi connectivity index (χ1v) is 12.8. The van der Waals surface area contributed by atoms with E-state index in [1.165, 1.54) is 0 Å². The first kappa shape index (κ1) is 29.1. The van der Waals surface area contributed by atoms with Gasteiger partial charge in [-0.05, 0) is 52.0 Å². The summed E-state index contributed by atoms with van der Waals surface area (Å²) in [7, 11) is 0. The maximum absolute atomic E-state index is 14.0. The molecule has 2 rings (SSSR count). The highest BCUT2D eigenvalue weighted by atomic mass is 16.6. The Labute approximate surface area is 214 Å². The minimum atomic E-state index is -0.902. The van der Waals surface area contributed by atoms with E-state index >= 15 is 0 Å². The number of amides is 3. The van der Waals surface area contributed by atoms with E-state index in [-0.39, 0.29) is 43.3 Å². The highest BCUT2D eigenvalue weighted by molar-refractivity contribution is 5.92. The van der Waals surface area contributed by atoms with E-state index in [0.29, 0.717) is 12.0 Å². The molecule has 9 nitrogen and oxygen atoms in total. The lowest BCUT2D eigenvalue weighted by Gasteiger charge is -2.36. The summed E-state index contributed by atoms with van der Waals surface area (Å²) in [5.41, 5.74) is -0.0547. The monoisotopic (exact) mass is 503 g/mol. The molecule has 0 bridgehead atoms. The normalized spacial score (nSPS) is 15.7. The molecular weight excluding hydrogens is 462 g/mol. The van der Waals surface area contributed by atoms with Gasteiger partial charge in [0.25, 0.3) is 0 Å². The van der Waals surface area contributed by atoms with Crippen LogP contribution in [0.2, 0.25) is 0 Å². The van der Waals surface area contributed by atoms with Gasteiger partial charge in [0.2, 0.25) is 11.8 Å². The van der Waals surface area contributed by atoms with Crippen LogP contribution in [0.25, 0.3) is 0 Å². The lowest BCUT2D eigenvalue weighted by atomic mass is 9.95. The molecule has 0 heterocycles. The second-order valence-corrected chi connectivity index (χ2v) is 10.1. The van der Waals surface area contributed by atoms with Crippen molar-refractivity contribution in [3.8, 4) is 0 Å². The molecule has 3 atom stereocenters. The predicted octanol–water partition coefficient (Wildman–Crippen LogP) is 3.73. The second-order valence-electron chi connectivity index (χ2n) is 10.1. The van der Waals surface area contributed by atoms with Crippen molar-refractivity contribution in [1.29, 1.82) is 0 Å². The van der Waals surface area contributed by atoms with Crippen LogP contribution >= 0.6 is 0 Å². The largest absolute Gasteiger partial charge is 0.466 e. The van der Waals surface area contributed by atoms with Gasteiger partial charge < -0.3 is 25.0 Å². The topological polar surface area (TPSA) is 114 Å². The van der Waals surface area contributed by atoms with Gasteiger partial charge in [0.05, 0.1) is 13.0 Å². The van der Waals surface area contributed by atoms with Gasteiger partial charge >= 0.3 is 12.1 Å². The van der Waals surface area contributed by atoms with Gasteiger partial charge in [-0.25, -0.2) is 4.79 Å². The number of carbonyl (C=O) groups is 4. The number of carbonyl (C=O) groups excluding carboxylic acids is 4. The number of alkyl carbamates (subject to hydrolysis) is 1. The molecule has 0 radical (unpaired) electrons. The molecule has 0 aliphatic heterocycles. The molecule has 0 aromatic heterocycles. The molecule has 0 saturated heterocycles. The molecular formula is C27H41N3O6. The van der Waals surface area contributed by atoms with Crippen LogP contribution < -0.4 is 10.6 Å². The van der Waals surface area contributed by atoms with Crippen molar-refractivity contribution in [3.63, 3.8) is 0 Å². The van der Waals surface area contributed by atoms with Gasteiger partial charge in [-0.1, -0.05) is 50.6 Å². The van der Waals surface area contributed by atoms with E-state index in [1.807, 2.05) is 32.0 Å². The fourth-order valence-corrected chi connectivity index (χ4v) is 3.84. The second kappa shape index (κ2) is 13.3. The van der Waals surface area contributed by atoms with Gasteiger partial charge in [-0.3, -0.25) is 14.4 Å². The van der Waals surface area contributed by atoms with Crippen LogP contribution in [0.15, 0.2) is 30.3 Å². The Hall–Kier alpha value is -3.10. The maximum Gasteiger partial charge on any atom is 0.408 e. The average molecular weight is 504 g/mol. The third-order valence-corrected chi connectivity index (χ3v) is 5.92. The number of rotatable bonds is 12. The summed E-state index contributed by atoms with van der Waals surface area (Å²) in [6.45, 7) is 11.2. The fraction of sp³-hybridized carbons (Fsp3) is 0.630. The SMILES string of the molecule is CCOC(=O)CCNC(=O)C(c1ccccc1)N(C(=O)C(NC(=O)OC(C)(C)C)C(C)CC)C1CC1. The van der Waals surface area contributed by atoms with Crippen molar-refractivity contribution < 1.29 is 28.7 Å². The zero-order valence-corrected chi connectivity index (χ0v) is 22.3. The minimum absolute atomic E-state index is 0.0359. The van der Waals surface area contributed by atoms with Gasteiger partial charge in [-0.2, -0.15) is 0 Å². The van der Waals surface area contributed by atoms with Crippen molar-refractivity contribution in [1.82, 2.24) is 15.5 Å². The van der Waals surface area contributed by atoms with Crippen LogP contribution in [0.5, 0.6) is 0 Å². The fourth-order valence-electron chi connectivity index (χ4n) is 3.84. The standard InChI is InChI=1S/C27H41N3O6/c1-7-18(3)22(29-26(34)36-27(4,5)6)25(33)30(20-14-15-20)23(19-12-10-9-11-13-19)24(32)28-17-16-21(31)35-8-2/h9-13,18,20,22-23H,7-8,14-17H2,1-6H3,(H,28,32)(H,29,34). The maximum atomic E-state index is 14.0. The summed E-state index contributed by atoms with van der Waals surface area (Å²) in [5, 5.41) is 5.56. The van der Waals surface area contributed by atoms with E-state index in [2.05, 4.69) is 10.6 Å². The zero-order valence-electron chi connectivity index (χ0n) is 22.3. The van der Waals surface area contributed by atoms with Crippen LogP contribution in [0.1, 0.15) is 78.8 Å². The van der Waals surface area contributed by atoms with Crippen molar-refractivity contribution in [2.24, 2.45) is 5.92 Å². The minimum Gasteiger partial charge on any atom is -0.466 e. The molecule has 1 aromatic rings. The molecule has 9 heteroatoms. The number of hydrogen-bond donors (Lipinski definition) is 2. The van der Waals surface area contributed by atoms with Crippen molar-refractivity contribution in [3.05, 3.63) is 35.9 Å². The smallest absolute Gasteiger partial charge is 0.408 e. The Kier molecular flexibility index (Phi) is 10.7. The summed E-state index contributed by atoms with van der Waals surface area (Å²) in [6, 6.07) is 7.20. The van der Waals surface area contributed by atoms with E-state index in [1.54, 1.807) is 44.7 Å². The summed E-state index contributed by atoms with van der Waals surface area (Å²) in [4.78, 5) is 53.4. The molecule has 3 unspecified atom stereocenters. The average Bonchev–Trinajstić information content (AvgIpc) is 3.64. The van der Waals surface area contributed by atoms with Gasteiger partial charge in [-0.15, -0.1) is 0 Å². The molecule has 1 aromatic carbocycles. The summed E-state index contributed by atoms with van der Waals surface area (Å²) >= 11 is 0. The Morgan fingerprint density at radius 1 is 1.08 bits per heavy atom. The first-order valence-electron chi connectivity index (χ1n) is 12.8. The van der Waals surface area contributed by atoms with Crippen LogP contribution in [-0.2, 0) is 23.9 Å². The molecule has 36 heavy (non-hydrogen) atoms. The highest BCUT2D eigenvalue weighted by Crippen LogP contribution is 2.36. The Morgan fingerprint density at radius 3 is 2.25 bits per heavy atom. The summed E-state index contributed by atoms with van der Waals surface area (Å²) < 4.78 is 10.4. The highest BCUT2D eigenvalue weighted by Gasteiger charge is 2.45. The molecule has 3 amide bonds. The third-order valence-electron chi connectivity index (χ3n) is 5.92. The third kappa shape index (κ3) is 8.84. The van der Waals surface area contributed by atoms with Crippen molar-refractivity contribution >= 4 is 23.9 Å². The number of hydrogen-bond acceptors (Lipinski definition) is 6. The number of benzene rings is 1. The van der Waals surface area contributed by atoms with Crippen LogP contribution in [0, 0.1) is 5.92 Å². The van der Waals surface area contributed by atoms with Gasteiger partial charge in [0.1, 0.15) is 17.7 Å². The van der Waals surface area contributed by atoms with E-state index in [0.717, 1.165) is 12.8 Å². The van der Waals surface area contributed by atoms with Crippen molar-refractivity contribution in [2.45, 2.75) is 91.0 Å². The Morgan fingerprint density at radius 2 is 1.72 bits per heavy atom.